The van der Waals surface area contributed by atoms with Crippen molar-refractivity contribution in [2.75, 3.05) is 0 Å². The van der Waals surface area contributed by atoms with Crippen LogP contribution in [0.1, 0.15) is 16.5 Å². The highest BCUT2D eigenvalue weighted by Crippen LogP contribution is 2.35. The average molecular weight is 427 g/mol. The standard InChI is InChI=1S/C16H11Br2ClN2/c17-12-6-7-14(15(18)8-12)16(19)11-9-20-21(10-11)13-4-2-1-3-5-13/h1-10,16H. The second kappa shape index (κ2) is 6.34. The van der Waals surface area contributed by atoms with Gasteiger partial charge < -0.3 is 0 Å². The lowest BCUT2D eigenvalue weighted by atomic mass is 10.1. The van der Waals surface area contributed by atoms with Gasteiger partial charge in [0.05, 0.1) is 17.3 Å². The van der Waals surface area contributed by atoms with Crippen LogP contribution in [0, 0.1) is 0 Å². The average Bonchev–Trinajstić information content (AvgIpc) is 2.97. The lowest BCUT2D eigenvalue weighted by Gasteiger charge is -2.10. The van der Waals surface area contributed by atoms with Crippen LogP contribution in [0.5, 0.6) is 0 Å². The predicted molar refractivity (Wildman–Crippen MR) is 93.1 cm³/mol. The molecular weight excluding hydrogens is 415 g/mol. The van der Waals surface area contributed by atoms with Crippen molar-refractivity contribution in [3.63, 3.8) is 0 Å². The van der Waals surface area contributed by atoms with E-state index in [1.807, 2.05) is 59.4 Å². The van der Waals surface area contributed by atoms with Gasteiger partial charge in [-0.3, -0.25) is 0 Å². The number of nitrogens with zero attached hydrogens (tertiary/aromatic N) is 2. The molecule has 1 unspecified atom stereocenters. The summed E-state index contributed by atoms with van der Waals surface area (Å²) in [6.07, 6.45) is 3.76. The highest BCUT2D eigenvalue weighted by molar-refractivity contribution is 9.11. The molecule has 0 radical (unpaired) electrons. The van der Waals surface area contributed by atoms with Gasteiger partial charge in [-0.25, -0.2) is 4.68 Å². The van der Waals surface area contributed by atoms with Crippen molar-refractivity contribution < 1.29 is 0 Å². The maximum absolute atomic E-state index is 6.59. The summed E-state index contributed by atoms with van der Waals surface area (Å²) in [6, 6.07) is 16.0. The Kier molecular flexibility index (Phi) is 4.48. The zero-order valence-corrected chi connectivity index (χ0v) is 14.8. The van der Waals surface area contributed by atoms with Gasteiger partial charge in [-0.15, -0.1) is 11.6 Å². The third-order valence-corrected chi connectivity index (χ3v) is 4.82. The predicted octanol–water partition coefficient (Wildman–Crippen LogP) is 5.73. The first kappa shape index (κ1) is 14.8. The molecule has 0 aliphatic carbocycles. The zero-order chi connectivity index (χ0) is 14.8. The van der Waals surface area contributed by atoms with Gasteiger partial charge in [0.2, 0.25) is 0 Å². The number of halogens is 3. The molecule has 0 spiro atoms. The summed E-state index contributed by atoms with van der Waals surface area (Å²) in [7, 11) is 0. The Morgan fingerprint density at radius 3 is 2.52 bits per heavy atom. The zero-order valence-electron chi connectivity index (χ0n) is 10.9. The van der Waals surface area contributed by atoms with Gasteiger partial charge in [-0.05, 0) is 29.8 Å². The summed E-state index contributed by atoms with van der Waals surface area (Å²) in [5.74, 6) is 0. The van der Waals surface area contributed by atoms with E-state index in [1.165, 1.54) is 0 Å². The molecule has 5 heteroatoms. The molecule has 0 N–H and O–H groups in total. The lowest BCUT2D eigenvalue weighted by Crippen LogP contribution is -1.95. The molecule has 2 aromatic carbocycles. The second-order valence-electron chi connectivity index (χ2n) is 4.58. The van der Waals surface area contributed by atoms with E-state index in [4.69, 9.17) is 11.6 Å². The third kappa shape index (κ3) is 3.23. The summed E-state index contributed by atoms with van der Waals surface area (Å²) in [4.78, 5) is 0. The van der Waals surface area contributed by atoms with Crippen LogP contribution in [0.25, 0.3) is 5.69 Å². The van der Waals surface area contributed by atoms with Crippen LogP contribution < -0.4 is 0 Å². The Bertz CT molecular complexity index is 756. The molecule has 2 nitrogen and oxygen atoms in total. The number of rotatable bonds is 3. The van der Waals surface area contributed by atoms with Crippen molar-refractivity contribution in [3.05, 3.63) is 81.0 Å². The fourth-order valence-corrected chi connectivity index (χ4v) is 3.79. The third-order valence-electron chi connectivity index (χ3n) is 3.15. The van der Waals surface area contributed by atoms with Gasteiger partial charge in [0.25, 0.3) is 0 Å². The van der Waals surface area contributed by atoms with Crippen molar-refractivity contribution >= 4 is 43.5 Å². The molecule has 106 valence electrons. The minimum Gasteiger partial charge on any atom is -0.241 e. The van der Waals surface area contributed by atoms with Gasteiger partial charge in [-0.2, -0.15) is 5.10 Å². The van der Waals surface area contributed by atoms with E-state index >= 15 is 0 Å². The second-order valence-corrected chi connectivity index (χ2v) is 6.79. The van der Waals surface area contributed by atoms with Crippen LogP contribution in [0.4, 0.5) is 0 Å². The van der Waals surface area contributed by atoms with Crippen LogP contribution >= 0.6 is 43.5 Å². The first-order chi connectivity index (χ1) is 10.1. The molecule has 21 heavy (non-hydrogen) atoms. The molecule has 3 rings (SSSR count). The molecule has 1 aromatic heterocycles. The monoisotopic (exact) mass is 424 g/mol. The molecular formula is C16H11Br2ClN2. The minimum absolute atomic E-state index is 0.245. The molecule has 0 aliphatic rings. The summed E-state index contributed by atoms with van der Waals surface area (Å²) in [6.45, 7) is 0. The summed E-state index contributed by atoms with van der Waals surface area (Å²) >= 11 is 13.6. The highest BCUT2D eigenvalue weighted by atomic mass is 79.9. The van der Waals surface area contributed by atoms with Crippen molar-refractivity contribution in [2.45, 2.75) is 5.38 Å². The minimum atomic E-state index is -0.245. The molecule has 0 bridgehead atoms. The van der Waals surface area contributed by atoms with Crippen molar-refractivity contribution in [3.8, 4) is 5.69 Å². The number of benzene rings is 2. The first-order valence-corrected chi connectivity index (χ1v) is 8.36. The normalized spacial score (nSPS) is 12.3. The van der Waals surface area contributed by atoms with Crippen LogP contribution in [0.15, 0.2) is 69.9 Å². The van der Waals surface area contributed by atoms with Crippen molar-refractivity contribution in [2.24, 2.45) is 0 Å². The van der Waals surface area contributed by atoms with Gasteiger partial charge in [0.15, 0.2) is 0 Å². The van der Waals surface area contributed by atoms with Gasteiger partial charge in [-0.1, -0.05) is 56.1 Å². The number of hydrogen-bond acceptors (Lipinski definition) is 1. The fourth-order valence-electron chi connectivity index (χ4n) is 2.08. The van der Waals surface area contributed by atoms with Gasteiger partial charge in [0.1, 0.15) is 0 Å². The lowest BCUT2D eigenvalue weighted by molar-refractivity contribution is 0.880. The molecule has 1 atom stereocenters. The van der Waals surface area contributed by atoms with E-state index < -0.39 is 0 Å². The fraction of sp³-hybridized carbons (Fsp3) is 0.0625. The smallest absolute Gasteiger partial charge is 0.0876 e. The molecule has 1 heterocycles. The molecule has 0 aliphatic heterocycles. The molecule has 0 saturated carbocycles. The van der Waals surface area contributed by atoms with Crippen LogP contribution in [0.2, 0.25) is 0 Å². The number of alkyl halides is 1. The maximum Gasteiger partial charge on any atom is 0.0876 e. The Hall–Kier alpha value is -1.10. The molecule has 0 fully saturated rings. The Balaban J connectivity index is 1.92. The maximum atomic E-state index is 6.59. The van der Waals surface area contributed by atoms with Crippen molar-refractivity contribution in [1.82, 2.24) is 9.78 Å². The summed E-state index contributed by atoms with van der Waals surface area (Å²) in [5.41, 5.74) is 3.00. The highest BCUT2D eigenvalue weighted by Gasteiger charge is 2.16. The van der Waals surface area contributed by atoms with Gasteiger partial charge >= 0.3 is 0 Å². The Morgan fingerprint density at radius 1 is 1.05 bits per heavy atom. The van der Waals surface area contributed by atoms with Crippen molar-refractivity contribution in [1.29, 1.82) is 0 Å². The van der Waals surface area contributed by atoms with Crippen LogP contribution in [0.3, 0.4) is 0 Å². The van der Waals surface area contributed by atoms with E-state index in [-0.39, 0.29) is 5.38 Å². The summed E-state index contributed by atoms with van der Waals surface area (Å²) < 4.78 is 3.82. The Morgan fingerprint density at radius 2 is 1.81 bits per heavy atom. The quantitative estimate of drug-likeness (QED) is 0.490. The van der Waals surface area contributed by atoms with E-state index in [2.05, 4.69) is 37.0 Å². The number of aromatic nitrogens is 2. The molecule has 0 saturated heterocycles. The molecule has 3 aromatic rings. The Labute approximate surface area is 145 Å². The number of hydrogen-bond donors (Lipinski definition) is 0. The summed E-state index contributed by atoms with van der Waals surface area (Å²) in [5, 5.41) is 4.14. The van der Waals surface area contributed by atoms with Crippen LogP contribution in [-0.4, -0.2) is 9.78 Å². The van der Waals surface area contributed by atoms with Gasteiger partial charge in [0, 0.05) is 20.7 Å². The topological polar surface area (TPSA) is 17.8 Å². The van der Waals surface area contributed by atoms with E-state index in [9.17, 15) is 0 Å². The van der Waals surface area contributed by atoms with E-state index in [0.29, 0.717) is 0 Å². The first-order valence-electron chi connectivity index (χ1n) is 6.34. The molecule has 0 amide bonds. The van der Waals surface area contributed by atoms with E-state index in [0.717, 1.165) is 25.8 Å². The van der Waals surface area contributed by atoms with Crippen LogP contribution in [-0.2, 0) is 0 Å². The largest absolute Gasteiger partial charge is 0.241 e. The van der Waals surface area contributed by atoms with E-state index in [1.54, 1.807) is 6.20 Å². The number of para-hydroxylation sites is 1. The SMILES string of the molecule is ClC(c1cnn(-c2ccccc2)c1)c1ccc(Br)cc1Br.